The highest BCUT2D eigenvalue weighted by atomic mass is 19.1. The molecule has 0 unspecified atom stereocenters. The number of aromatic nitrogens is 4. The normalized spacial score (nSPS) is 17.1. The van der Waals surface area contributed by atoms with Gasteiger partial charge in [0.15, 0.2) is 0 Å². The van der Waals surface area contributed by atoms with Gasteiger partial charge in [-0.05, 0) is 13.3 Å². The fourth-order valence-corrected chi connectivity index (χ4v) is 5.30. The Morgan fingerprint density at radius 3 is 2.48 bits per heavy atom. The third-order valence-corrected chi connectivity index (χ3v) is 7.62. The molecule has 0 radical (unpaired) electrons. The van der Waals surface area contributed by atoms with Gasteiger partial charge in [0.2, 0.25) is 5.91 Å². The number of nitrogens with zero attached hydrogens (tertiary/aromatic N) is 6. The number of morpholine rings is 1. The molecule has 2 fully saturated rings. The molecule has 9 nitrogen and oxygen atoms in total. The maximum absolute atomic E-state index is 15.4. The lowest BCUT2D eigenvalue weighted by Crippen LogP contribution is -2.36. The van der Waals surface area contributed by atoms with Crippen LogP contribution in [0.15, 0.2) is 43.1 Å². The van der Waals surface area contributed by atoms with Crippen LogP contribution < -0.4 is 15.1 Å². The summed E-state index contributed by atoms with van der Waals surface area (Å²) in [5, 5.41) is 3.56. The Morgan fingerprint density at radius 1 is 1.02 bits per heavy atom. The number of ether oxygens (including phenoxy) is 1. The number of amides is 1. The zero-order chi connectivity index (χ0) is 28.0. The van der Waals surface area contributed by atoms with Crippen molar-refractivity contribution in [3.8, 4) is 11.1 Å². The second kappa shape index (κ2) is 10.1. The minimum absolute atomic E-state index is 0.0779. The summed E-state index contributed by atoms with van der Waals surface area (Å²) in [6, 6.07) is 3.93. The number of benzene rings is 1. The Balaban J connectivity index is 1.54. The third kappa shape index (κ3) is 4.60. The van der Waals surface area contributed by atoms with E-state index in [1.54, 1.807) is 30.4 Å². The van der Waals surface area contributed by atoms with Crippen molar-refractivity contribution in [3.05, 3.63) is 60.3 Å². The van der Waals surface area contributed by atoms with Gasteiger partial charge in [0, 0.05) is 78.5 Å². The molecule has 2 aliphatic rings. The minimum atomic E-state index is -0.750. The van der Waals surface area contributed by atoms with Crippen molar-refractivity contribution in [2.75, 3.05) is 48.0 Å². The summed E-state index contributed by atoms with van der Waals surface area (Å²) in [5.41, 5.74) is 2.57. The van der Waals surface area contributed by atoms with Crippen LogP contribution in [0.1, 0.15) is 25.8 Å². The van der Waals surface area contributed by atoms with Crippen LogP contribution in [0.4, 0.5) is 31.8 Å². The van der Waals surface area contributed by atoms with Gasteiger partial charge in [-0.15, -0.1) is 0 Å². The van der Waals surface area contributed by atoms with Crippen molar-refractivity contribution in [1.82, 2.24) is 19.9 Å². The lowest BCUT2D eigenvalue weighted by molar-refractivity contribution is -0.124. The Labute approximate surface area is 230 Å². The van der Waals surface area contributed by atoms with Gasteiger partial charge in [0.1, 0.15) is 29.6 Å². The maximum Gasteiger partial charge on any atom is 0.233 e. The number of hydrogen-bond acceptors (Lipinski definition) is 8. The molecule has 40 heavy (non-hydrogen) atoms. The lowest BCUT2D eigenvalue weighted by atomic mass is 9.92. The van der Waals surface area contributed by atoms with E-state index in [0.29, 0.717) is 73.2 Å². The van der Waals surface area contributed by atoms with Gasteiger partial charge in [-0.3, -0.25) is 9.69 Å². The van der Waals surface area contributed by atoms with Crippen molar-refractivity contribution in [1.29, 1.82) is 0 Å². The molecular weight excluding hydrogens is 516 g/mol. The highest BCUT2D eigenvalue weighted by molar-refractivity contribution is 6.04. The standard InChI is InChI=1S/C29H29F2N7O2/c1-17-26(25-21(31)10-19(30)11-23(25)36-27(17)38-5-4-29(2,3)28(38)39)35-22-12-24(37-6-8-40-9-7-37)34-15-20(22)18-13-32-16-33-14-18/h10-16H,4-9H2,1-3H3,(H,34,35,36). The smallest absolute Gasteiger partial charge is 0.233 e. The second-order valence-corrected chi connectivity index (χ2v) is 10.7. The molecule has 5 heterocycles. The van der Waals surface area contributed by atoms with Crippen LogP contribution in [0.5, 0.6) is 0 Å². The fourth-order valence-electron chi connectivity index (χ4n) is 5.30. The van der Waals surface area contributed by atoms with Crippen molar-refractivity contribution in [3.63, 3.8) is 0 Å². The zero-order valence-electron chi connectivity index (χ0n) is 22.5. The summed E-state index contributed by atoms with van der Waals surface area (Å²) in [6.45, 7) is 8.59. The Bertz CT molecular complexity index is 1610. The first-order valence-electron chi connectivity index (χ1n) is 13.2. The number of fused-ring (bicyclic) bond motifs is 1. The van der Waals surface area contributed by atoms with Gasteiger partial charge in [0.25, 0.3) is 0 Å². The molecule has 2 saturated heterocycles. The molecule has 0 bridgehead atoms. The van der Waals surface area contributed by atoms with E-state index in [9.17, 15) is 9.18 Å². The number of rotatable bonds is 5. The van der Waals surface area contributed by atoms with E-state index in [0.717, 1.165) is 11.9 Å². The first-order chi connectivity index (χ1) is 19.2. The van der Waals surface area contributed by atoms with E-state index < -0.39 is 17.0 Å². The largest absolute Gasteiger partial charge is 0.378 e. The SMILES string of the molecule is Cc1c(N2CCC(C)(C)C2=O)nc2cc(F)cc(F)c2c1Nc1cc(N2CCOCC2)ncc1-c1cncnc1. The van der Waals surface area contributed by atoms with Crippen molar-refractivity contribution in [2.24, 2.45) is 5.41 Å². The zero-order valence-corrected chi connectivity index (χ0v) is 22.5. The lowest BCUT2D eigenvalue weighted by Gasteiger charge is -2.29. The molecule has 4 aromatic rings. The van der Waals surface area contributed by atoms with Crippen molar-refractivity contribution < 1.29 is 18.3 Å². The molecule has 0 atom stereocenters. The summed E-state index contributed by atoms with van der Waals surface area (Å²) in [7, 11) is 0. The summed E-state index contributed by atoms with van der Waals surface area (Å²) < 4.78 is 35.3. The monoisotopic (exact) mass is 545 g/mol. The number of pyridine rings is 2. The Kier molecular flexibility index (Phi) is 6.53. The first kappa shape index (κ1) is 26.0. The minimum Gasteiger partial charge on any atom is -0.378 e. The summed E-state index contributed by atoms with van der Waals surface area (Å²) in [6.07, 6.45) is 7.17. The van der Waals surface area contributed by atoms with E-state index in [2.05, 4.69) is 30.2 Å². The summed E-state index contributed by atoms with van der Waals surface area (Å²) in [4.78, 5) is 34.6. The van der Waals surface area contributed by atoms with Gasteiger partial charge in [-0.25, -0.2) is 28.7 Å². The fraction of sp³-hybridized carbons (Fsp3) is 0.345. The number of anilines is 4. The van der Waals surface area contributed by atoms with Crippen LogP contribution >= 0.6 is 0 Å². The van der Waals surface area contributed by atoms with Crippen molar-refractivity contribution >= 4 is 39.8 Å². The predicted octanol–water partition coefficient (Wildman–Crippen LogP) is 5.02. The van der Waals surface area contributed by atoms with Gasteiger partial charge in [-0.1, -0.05) is 13.8 Å². The molecule has 0 aliphatic carbocycles. The number of hydrogen-bond donors (Lipinski definition) is 1. The molecule has 206 valence electrons. The molecule has 6 rings (SSSR count). The van der Waals surface area contributed by atoms with Crippen LogP contribution in [-0.2, 0) is 9.53 Å². The second-order valence-electron chi connectivity index (χ2n) is 10.7. The first-order valence-corrected chi connectivity index (χ1v) is 13.2. The molecule has 3 aromatic heterocycles. The van der Waals surface area contributed by atoms with Crippen molar-refractivity contribution in [2.45, 2.75) is 27.2 Å². The van der Waals surface area contributed by atoms with Crippen LogP contribution in [0.3, 0.4) is 0 Å². The number of nitrogens with one attached hydrogen (secondary N) is 1. The summed E-state index contributed by atoms with van der Waals surface area (Å²) in [5.74, 6) is -0.467. The maximum atomic E-state index is 15.4. The molecule has 1 aromatic carbocycles. The van der Waals surface area contributed by atoms with E-state index in [1.165, 1.54) is 12.4 Å². The third-order valence-electron chi connectivity index (χ3n) is 7.62. The number of halogens is 2. The molecular formula is C29H29F2N7O2. The molecule has 1 N–H and O–H groups in total. The van der Waals surface area contributed by atoms with Gasteiger partial charge < -0.3 is 15.0 Å². The van der Waals surface area contributed by atoms with E-state index >= 15 is 4.39 Å². The van der Waals surface area contributed by atoms with Gasteiger partial charge >= 0.3 is 0 Å². The van der Waals surface area contributed by atoms with Crippen LogP contribution in [-0.4, -0.2) is 58.7 Å². The Hall–Kier alpha value is -4.25. The van der Waals surface area contributed by atoms with Crippen LogP contribution in [0.25, 0.3) is 22.0 Å². The molecule has 11 heteroatoms. The average Bonchev–Trinajstić information content (AvgIpc) is 3.22. The highest BCUT2D eigenvalue weighted by Crippen LogP contribution is 2.42. The quantitative estimate of drug-likeness (QED) is 0.374. The molecule has 0 spiro atoms. The Morgan fingerprint density at radius 2 is 1.77 bits per heavy atom. The van der Waals surface area contributed by atoms with E-state index in [-0.39, 0.29) is 16.8 Å². The number of carbonyl (C=O) groups excluding carboxylic acids is 1. The van der Waals surface area contributed by atoms with Crippen LogP contribution in [0, 0.1) is 24.0 Å². The van der Waals surface area contributed by atoms with Crippen LogP contribution in [0.2, 0.25) is 0 Å². The van der Waals surface area contributed by atoms with E-state index in [4.69, 9.17) is 4.74 Å². The summed E-state index contributed by atoms with van der Waals surface area (Å²) >= 11 is 0. The molecule has 2 aliphatic heterocycles. The van der Waals surface area contributed by atoms with Gasteiger partial charge in [0.05, 0.1) is 35.5 Å². The highest BCUT2D eigenvalue weighted by Gasteiger charge is 2.41. The average molecular weight is 546 g/mol. The number of carbonyl (C=O) groups is 1. The van der Waals surface area contributed by atoms with E-state index in [1.807, 2.05) is 19.9 Å². The molecule has 0 saturated carbocycles. The molecule has 1 amide bonds. The van der Waals surface area contributed by atoms with Gasteiger partial charge in [-0.2, -0.15) is 0 Å². The topological polar surface area (TPSA) is 96.4 Å². The predicted molar refractivity (Wildman–Crippen MR) is 149 cm³/mol.